The maximum Gasteiger partial charge on any atom is 0.373 e. The minimum atomic E-state index is -1.22. The Balaban J connectivity index is 1.54. The molecule has 39 heavy (non-hydrogen) atoms. The summed E-state index contributed by atoms with van der Waals surface area (Å²) in [6.07, 6.45) is 5.20. The Morgan fingerprint density at radius 2 is 1.49 bits per heavy atom. The molecule has 0 aromatic heterocycles. The van der Waals surface area contributed by atoms with Crippen LogP contribution in [0.2, 0.25) is 0 Å². The van der Waals surface area contributed by atoms with Crippen LogP contribution < -0.4 is 9.47 Å². The number of rotatable bonds is 10. The maximum atomic E-state index is 13.2. The highest BCUT2D eigenvalue weighted by Gasteiger charge is 2.53. The molecular formula is C32H34O7. The third kappa shape index (κ3) is 4.55. The standard InChI is InChI=1S/C32H34O7/c1-5-16-31(17-6-2,18-7-3)39-38-29(33)21-12-14-25-27(19-21)36-28-20-22(35-4)13-15-26(28)32(25)24-11-9-8-10-23(24)30(34)37-32/h8-15,19-20H,5-7,16-18H2,1-4H3. The number of hydrogen-bond donors (Lipinski definition) is 0. The minimum Gasteiger partial charge on any atom is -0.497 e. The van der Waals surface area contributed by atoms with Crippen LogP contribution in [-0.4, -0.2) is 24.6 Å². The lowest BCUT2D eigenvalue weighted by Gasteiger charge is -2.36. The normalized spacial score (nSPS) is 17.1. The lowest BCUT2D eigenvalue weighted by molar-refractivity contribution is -0.323. The molecule has 0 bridgehead atoms. The molecule has 0 saturated heterocycles. The molecule has 204 valence electrons. The predicted octanol–water partition coefficient (Wildman–Crippen LogP) is 7.49. The molecule has 7 heteroatoms. The fourth-order valence-electron chi connectivity index (χ4n) is 5.95. The molecule has 2 aliphatic heterocycles. The third-order valence-corrected chi connectivity index (χ3v) is 7.57. The van der Waals surface area contributed by atoms with Gasteiger partial charge in [0.25, 0.3) is 0 Å². The molecular weight excluding hydrogens is 496 g/mol. The fraction of sp³-hybridized carbons (Fsp3) is 0.375. The van der Waals surface area contributed by atoms with Crippen LogP contribution in [0.3, 0.4) is 0 Å². The lowest BCUT2D eigenvalue weighted by Crippen LogP contribution is -2.34. The zero-order valence-electron chi connectivity index (χ0n) is 22.9. The molecule has 2 aliphatic rings. The summed E-state index contributed by atoms with van der Waals surface area (Å²) in [5.74, 6) is 0.422. The highest BCUT2D eigenvalue weighted by molar-refractivity contribution is 5.97. The van der Waals surface area contributed by atoms with Crippen molar-refractivity contribution >= 4 is 11.9 Å². The van der Waals surface area contributed by atoms with Crippen molar-refractivity contribution in [2.24, 2.45) is 0 Å². The van der Waals surface area contributed by atoms with E-state index in [1.807, 2.05) is 30.3 Å². The van der Waals surface area contributed by atoms with Gasteiger partial charge in [0.2, 0.25) is 0 Å². The van der Waals surface area contributed by atoms with Gasteiger partial charge in [-0.1, -0.05) is 58.2 Å². The zero-order chi connectivity index (χ0) is 27.6. The number of benzene rings is 3. The second-order valence-electron chi connectivity index (χ2n) is 10.2. The number of ether oxygens (including phenoxy) is 3. The van der Waals surface area contributed by atoms with Crippen molar-refractivity contribution in [3.05, 3.63) is 88.5 Å². The van der Waals surface area contributed by atoms with E-state index in [0.29, 0.717) is 39.5 Å². The molecule has 0 aliphatic carbocycles. The summed E-state index contributed by atoms with van der Waals surface area (Å²) < 4.78 is 17.9. The van der Waals surface area contributed by atoms with Crippen molar-refractivity contribution in [2.45, 2.75) is 70.5 Å². The number of esters is 1. The number of carbonyl (C=O) groups excluding carboxylic acids is 2. The second kappa shape index (κ2) is 10.7. The quantitative estimate of drug-likeness (QED) is 0.153. The summed E-state index contributed by atoms with van der Waals surface area (Å²) >= 11 is 0. The Kier molecular flexibility index (Phi) is 7.36. The molecule has 1 unspecified atom stereocenters. The summed E-state index contributed by atoms with van der Waals surface area (Å²) in [5.41, 5.74) is 1.05. The summed E-state index contributed by atoms with van der Waals surface area (Å²) in [5, 5.41) is 0. The molecule has 7 nitrogen and oxygen atoms in total. The van der Waals surface area contributed by atoms with Gasteiger partial charge in [-0.05, 0) is 55.7 Å². The highest BCUT2D eigenvalue weighted by atomic mass is 17.2. The van der Waals surface area contributed by atoms with E-state index in [2.05, 4.69) is 20.8 Å². The van der Waals surface area contributed by atoms with Crippen molar-refractivity contribution in [3.63, 3.8) is 0 Å². The van der Waals surface area contributed by atoms with Crippen LogP contribution in [0, 0.1) is 0 Å². The van der Waals surface area contributed by atoms with E-state index in [1.165, 1.54) is 0 Å². The molecule has 0 saturated carbocycles. The Hall–Kier alpha value is -3.84. The summed E-state index contributed by atoms with van der Waals surface area (Å²) in [4.78, 5) is 37.5. The largest absolute Gasteiger partial charge is 0.497 e. The molecule has 3 aromatic carbocycles. The maximum absolute atomic E-state index is 13.2. The second-order valence-corrected chi connectivity index (χ2v) is 10.2. The van der Waals surface area contributed by atoms with Gasteiger partial charge in [-0.2, -0.15) is 4.89 Å². The Morgan fingerprint density at radius 1 is 0.846 bits per heavy atom. The van der Waals surface area contributed by atoms with Gasteiger partial charge in [-0.15, -0.1) is 0 Å². The molecule has 0 N–H and O–H groups in total. The van der Waals surface area contributed by atoms with Crippen molar-refractivity contribution in [1.29, 1.82) is 0 Å². The number of hydrogen-bond acceptors (Lipinski definition) is 7. The fourth-order valence-corrected chi connectivity index (χ4v) is 5.95. The monoisotopic (exact) mass is 530 g/mol. The Morgan fingerprint density at radius 3 is 2.15 bits per heavy atom. The van der Waals surface area contributed by atoms with E-state index in [1.54, 1.807) is 37.4 Å². The molecule has 0 fully saturated rings. The van der Waals surface area contributed by atoms with E-state index in [9.17, 15) is 9.59 Å². The predicted molar refractivity (Wildman–Crippen MR) is 145 cm³/mol. The number of carbonyl (C=O) groups is 2. The molecule has 1 atom stereocenters. The zero-order valence-corrected chi connectivity index (χ0v) is 22.9. The van der Waals surface area contributed by atoms with Crippen molar-refractivity contribution in [1.82, 2.24) is 0 Å². The first-order valence-corrected chi connectivity index (χ1v) is 13.6. The van der Waals surface area contributed by atoms with Crippen molar-refractivity contribution < 1.29 is 33.6 Å². The van der Waals surface area contributed by atoms with E-state index < -0.39 is 23.1 Å². The van der Waals surface area contributed by atoms with Gasteiger partial charge in [0, 0.05) is 22.8 Å². The molecule has 1 spiro atoms. The SMILES string of the molecule is CCCC(CCC)(CCC)OOC(=O)c1ccc2c(c1)Oc1cc(OC)ccc1C21OC(=O)c2ccccc21. The van der Waals surface area contributed by atoms with Gasteiger partial charge in [-0.3, -0.25) is 4.89 Å². The van der Waals surface area contributed by atoms with E-state index in [-0.39, 0.29) is 5.56 Å². The van der Waals surface area contributed by atoms with Crippen LogP contribution in [0.15, 0.2) is 60.7 Å². The van der Waals surface area contributed by atoms with Crippen LogP contribution >= 0.6 is 0 Å². The number of fused-ring (bicyclic) bond motifs is 6. The van der Waals surface area contributed by atoms with Gasteiger partial charge in [-0.25, -0.2) is 9.59 Å². The van der Waals surface area contributed by atoms with Crippen LogP contribution in [0.5, 0.6) is 17.2 Å². The first-order chi connectivity index (χ1) is 18.9. The molecule has 3 aromatic rings. The Labute approximate surface area is 228 Å². The Bertz CT molecular complexity index is 1380. The summed E-state index contributed by atoms with van der Waals surface area (Å²) in [6.45, 7) is 6.30. The topological polar surface area (TPSA) is 80.3 Å². The van der Waals surface area contributed by atoms with E-state index in [4.69, 9.17) is 24.0 Å². The van der Waals surface area contributed by atoms with Gasteiger partial charge in [0.05, 0.1) is 18.2 Å². The van der Waals surface area contributed by atoms with Gasteiger partial charge < -0.3 is 14.2 Å². The van der Waals surface area contributed by atoms with Crippen molar-refractivity contribution in [3.8, 4) is 17.2 Å². The van der Waals surface area contributed by atoms with Crippen molar-refractivity contribution in [2.75, 3.05) is 7.11 Å². The average molecular weight is 531 g/mol. The lowest BCUT2D eigenvalue weighted by atomic mass is 9.77. The van der Waals surface area contributed by atoms with E-state index >= 15 is 0 Å². The van der Waals surface area contributed by atoms with Gasteiger partial charge in [0.1, 0.15) is 22.8 Å². The van der Waals surface area contributed by atoms with Crippen LogP contribution in [-0.2, 0) is 20.1 Å². The highest BCUT2D eigenvalue weighted by Crippen LogP contribution is 2.56. The minimum absolute atomic E-state index is 0.270. The van der Waals surface area contributed by atoms with Crippen LogP contribution in [0.25, 0.3) is 0 Å². The first kappa shape index (κ1) is 26.8. The number of methoxy groups -OCH3 is 1. The molecule has 2 heterocycles. The van der Waals surface area contributed by atoms with E-state index in [0.717, 1.165) is 38.5 Å². The van der Waals surface area contributed by atoms with Crippen LogP contribution in [0.4, 0.5) is 0 Å². The molecule has 0 radical (unpaired) electrons. The summed E-state index contributed by atoms with van der Waals surface area (Å²) in [7, 11) is 1.57. The van der Waals surface area contributed by atoms with Crippen LogP contribution in [0.1, 0.15) is 96.7 Å². The molecule has 0 amide bonds. The average Bonchev–Trinajstić information content (AvgIpc) is 3.24. The first-order valence-electron chi connectivity index (χ1n) is 13.6. The smallest absolute Gasteiger partial charge is 0.373 e. The molecule has 5 rings (SSSR count). The summed E-state index contributed by atoms with van der Waals surface area (Å²) in [6, 6.07) is 17.7. The third-order valence-electron chi connectivity index (χ3n) is 7.57. The van der Waals surface area contributed by atoms with Gasteiger partial charge in [0.15, 0.2) is 5.60 Å². The van der Waals surface area contributed by atoms with Gasteiger partial charge >= 0.3 is 11.9 Å².